The first-order valence-corrected chi connectivity index (χ1v) is 8.96. The van der Waals surface area contributed by atoms with Gasteiger partial charge in [0.1, 0.15) is 6.54 Å². The molecule has 2 rings (SSSR count). The molecular weight excluding hydrogens is 308 g/mol. The van der Waals surface area contributed by atoms with E-state index in [0.29, 0.717) is 32.5 Å². The van der Waals surface area contributed by atoms with Gasteiger partial charge in [0.25, 0.3) is 0 Å². The van der Waals surface area contributed by atoms with E-state index < -0.39 is 15.6 Å². The van der Waals surface area contributed by atoms with E-state index in [2.05, 4.69) is 9.82 Å². The number of nitrogens with one attached hydrogen (secondary N) is 1. The van der Waals surface area contributed by atoms with E-state index in [-0.39, 0.29) is 12.5 Å². The van der Waals surface area contributed by atoms with Crippen molar-refractivity contribution in [3.63, 3.8) is 0 Å². The minimum absolute atomic E-state index is 0.0710. The van der Waals surface area contributed by atoms with Crippen LogP contribution in [0.1, 0.15) is 12.8 Å². The SMILES string of the molecule is COCCC1(NS(C)(=O)=O)CCN(C(=O)Cn2cccn2)C1. The van der Waals surface area contributed by atoms with Crippen LogP contribution in [0.5, 0.6) is 0 Å². The van der Waals surface area contributed by atoms with E-state index in [1.54, 1.807) is 35.2 Å². The van der Waals surface area contributed by atoms with Crippen LogP contribution in [0.2, 0.25) is 0 Å². The van der Waals surface area contributed by atoms with Gasteiger partial charge in [-0.1, -0.05) is 0 Å². The summed E-state index contributed by atoms with van der Waals surface area (Å²) in [5, 5.41) is 4.01. The van der Waals surface area contributed by atoms with E-state index in [1.165, 1.54) is 0 Å². The van der Waals surface area contributed by atoms with Gasteiger partial charge >= 0.3 is 0 Å². The van der Waals surface area contributed by atoms with E-state index >= 15 is 0 Å². The van der Waals surface area contributed by atoms with Crippen LogP contribution in [-0.2, 0) is 26.1 Å². The van der Waals surface area contributed by atoms with Gasteiger partial charge in [-0.05, 0) is 18.9 Å². The first-order chi connectivity index (χ1) is 10.3. The molecule has 2 heterocycles. The van der Waals surface area contributed by atoms with Crippen LogP contribution in [0.3, 0.4) is 0 Å². The smallest absolute Gasteiger partial charge is 0.244 e. The van der Waals surface area contributed by atoms with Crippen LogP contribution in [-0.4, -0.2) is 67.6 Å². The zero-order chi connectivity index (χ0) is 16.2. The maximum atomic E-state index is 12.3. The number of methoxy groups -OCH3 is 1. The third-order valence-electron chi connectivity index (χ3n) is 3.75. The lowest BCUT2D eigenvalue weighted by molar-refractivity contribution is -0.131. The number of aromatic nitrogens is 2. The molecule has 1 atom stereocenters. The fourth-order valence-corrected chi connectivity index (χ4v) is 3.80. The van der Waals surface area contributed by atoms with E-state index in [0.717, 1.165) is 6.26 Å². The molecule has 0 aromatic carbocycles. The summed E-state index contributed by atoms with van der Waals surface area (Å²) in [5.41, 5.74) is -0.649. The third kappa shape index (κ3) is 4.52. The average molecular weight is 330 g/mol. The number of likely N-dealkylation sites (tertiary alicyclic amines) is 1. The molecule has 0 aliphatic carbocycles. The van der Waals surface area contributed by atoms with Crippen LogP contribution in [0.4, 0.5) is 0 Å². The number of hydrogen-bond acceptors (Lipinski definition) is 5. The van der Waals surface area contributed by atoms with Gasteiger partial charge in [-0.3, -0.25) is 9.48 Å². The second-order valence-corrected chi connectivity index (χ2v) is 7.41. The number of nitrogens with zero attached hydrogens (tertiary/aromatic N) is 3. The first kappa shape index (κ1) is 16.9. The molecule has 1 amide bonds. The van der Waals surface area contributed by atoms with Gasteiger partial charge in [-0.2, -0.15) is 5.10 Å². The van der Waals surface area contributed by atoms with Gasteiger partial charge in [0.15, 0.2) is 0 Å². The quantitative estimate of drug-likeness (QED) is 0.723. The number of amides is 1. The molecule has 1 fully saturated rings. The second-order valence-electron chi connectivity index (χ2n) is 5.67. The maximum Gasteiger partial charge on any atom is 0.244 e. The van der Waals surface area contributed by atoms with Crippen molar-refractivity contribution >= 4 is 15.9 Å². The van der Waals surface area contributed by atoms with Crippen molar-refractivity contribution < 1.29 is 17.9 Å². The summed E-state index contributed by atoms with van der Waals surface area (Å²) in [6.45, 7) is 1.46. The van der Waals surface area contributed by atoms with Gasteiger partial charge in [0, 0.05) is 39.2 Å². The number of hydrogen-bond donors (Lipinski definition) is 1. The van der Waals surface area contributed by atoms with Crippen LogP contribution in [0.25, 0.3) is 0 Å². The Hall–Kier alpha value is -1.45. The molecule has 0 spiro atoms. The average Bonchev–Trinajstić information content (AvgIpc) is 3.05. The number of carbonyl (C=O) groups excluding carboxylic acids is 1. The summed E-state index contributed by atoms with van der Waals surface area (Å²) in [4.78, 5) is 14.0. The normalized spacial score (nSPS) is 22.2. The molecule has 1 N–H and O–H groups in total. The van der Waals surface area contributed by atoms with Gasteiger partial charge in [-0.15, -0.1) is 0 Å². The molecule has 1 unspecified atom stereocenters. The Bertz CT molecular complexity index is 602. The topological polar surface area (TPSA) is 93.5 Å². The number of carbonyl (C=O) groups is 1. The Morgan fingerprint density at radius 2 is 2.27 bits per heavy atom. The number of rotatable bonds is 7. The van der Waals surface area contributed by atoms with Crippen LogP contribution >= 0.6 is 0 Å². The second kappa shape index (κ2) is 6.76. The number of ether oxygens (including phenoxy) is 1. The van der Waals surface area contributed by atoms with Crippen molar-refractivity contribution in [1.29, 1.82) is 0 Å². The molecule has 22 heavy (non-hydrogen) atoms. The fraction of sp³-hybridized carbons (Fsp3) is 0.692. The largest absolute Gasteiger partial charge is 0.385 e. The highest BCUT2D eigenvalue weighted by atomic mass is 32.2. The lowest BCUT2D eigenvalue weighted by atomic mass is 9.96. The number of sulfonamides is 1. The maximum absolute atomic E-state index is 12.3. The monoisotopic (exact) mass is 330 g/mol. The molecular formula is C13H22N4O4S. The van der Waals surface area contributed by atoms with Crippen molar-refractivity contribution in [2.75, 3.05) is 33.1 Å². The molecule has 0 radical (unpaired) electrons. The van der Waals surface area contributed by atoms with Crippen molar-refractivity contribution in [3.05, 3.63) is 18.5 Å². The Kier molecular flexibility index (Phi) is 5.20. The minimum Gasteiger partial charge on any atom is -0.385 e. The molecule has 1 saturated heterocycles. The van der Waals surface area contributed by atoms with Crippen molar-refractivity contribution in [3.8, 4) is 0 Å². The zero-order valence-electron chi connectivity index (χ0n) is 12.9. The highest BCUT2D eigenvalue weighted by molar-refractivity contribution is 7.88. The highest BCUT2D eigenvalue weighted by Gasteiger charge is 2.41. The van der Waals surface area contributed by atoms with Gasteiger partial charge < -0.3 is 9.64 Å². The van der Waals surface area contributed by atoms with Crippen molar-refractivity contribution in [1.82, 2.24) is 19.4 Å². The Labute approximate surface area is 130 Å². The standard InChI is InChI=1S/C13H22N4O4S/c1-21-9-5-13(15-22(2,19)20)4-8-16(11-13)12(18)10-17-7-3-6-14-17/h3,6-7,15H,4-5,8-11H2,1-2H3. The van der Waals surface area contributed by atoms with E-state index in [1.807, 2.05) is 0 Å². The van der Waals surface area contributed by atoms with Crippen LogP contribution < -0.4 is 4.72 Å². The fourth-order valence-electron chi connectivity index (χ4n) is 2.75. The van der Waals surface area contributed by atoms with Crippen LogP contribution in [0, 0.1) is 0 Å². The molecule has 1 aliphatic heterocycles. The first-order valence-electron chi connectivity index (χ1n) is 7.07. The Morgan fingerprint density at radius 1 is 1.50 bits per heavy atom. The lowest BCUT2D eigenvalue weighted by Crippen LogP contribution is -2.51. The molecule has 1 aromatic rings. The highest BCUT2D eigenvalue weighted by Crippen LogP contribution is 2.26. The van der Waals surface area contributed by atoms with Gasteiger partial charge in [-0.25, -0.2) is 13.1 Å². The molecule has 9 heteroatoms. The Balaban J connectivity index is 2.03. The molecule has 1 aromatic heterocycles. The molecule has 0 bridgehead atoms. The summed E-state index contributed by atoms with van der Waals surface area (Å²) >= 11 is 0. The predicted octanol–water partition coefficient (Wildman–Crippen LogP) is -0.560. The van der Waals surface area contributed by atoms with Gasteiger partial charge in [0.05, 0.1) is 11.8 Å². The zero-order valence-corrected chi connectivity index (χ0v) is 13.7. The summed E-state index contributed by atoms with van der Waals surface area (Å²) < 4.78 is 32.6. The summed E-state index contributed by atoms with van der Waals surface area (Å²) in [5.74, 6) is -0.0710. The molecule has 8 nitrogen and oxygen atoms in total. The summed E-state index contributed by atoms with van der Waals surface area (Å²) in [6, 6.07) is 1.76. The van der Waals surface area contributed by atoms with E-state index in [4.69, 9.17) is 4.74 Å². The third-order valence-corrected chi connectivity index (χ3v) is 4.55. The minimum atomic E-state index is -3.36. The summed E-state index contributed by atoms with van der Waals surface area (Å²) in [7, 11) is -1.78. The molecule has 124 valence electrons. The lowest BCUT2D eigenvalue weighted by Gasteiger charge is -2.29. The van der Waals surface area contributed by atoms with Gasteiger partial charge in [0.2, 0.25) is 15.9 Å². The Morgan fingerprint density at radius 3 is 2.86 bits per heavy atom. The molecule has 1 aliphatic rings. The summed E-state index contributed by atoms with van der Waals surface area (Å²) in [6.07, 6.45) is 5.58. The van der Waals surface area contributed by atoms with Crippen LogP contribution in [0.15, 0.2) is 18.5 Å². The molecule has 0 saturated carbocycles. The predicted molar refractivity (Wildman–Crippen MR) is 80.6 cm³/mol. The van der Waals surface area contributed by atoms with Crippen molar-refractivity contribution in [2.45, 2.75) is 24.9 Å². The van der Waals surface area contributed by atoms with E-state index in [9.17, 15) is 13.2 Å². The van der Waals surface area contributed by atoms with Crippen molar-refractivity contribution in [2.24, 2.45) is 0 Å².